The summed E-state index contributed by atoms with van der Waals surface area (Å²) in [5.41, 5.74) is 1.81. The SMILES string of the molecule is O=C(CNCc1ccc(F)cc1Cl)NCc1ccccc1. The molecule has 0 aromatic heterocycles. The Morgan fingerprint density at radius 1 is 1.10 bits per heavy atom. The van der Waals surface area contributed by atoms with Crippen LogP contribution < -0.4 is 10.6 Å². The first kappa shape index (κ1) is 15.5. The molecule has 0 radical (unpaired) electrons. The third-order valence-electron chi connectivity index (χ3n) is 2.95. The topological polar surface area (TPSA) is 41.1 Å². The minimum Gasteiger partial charge on any atom is -0.351 e. The van der Waals surface area contributed by atoms with Crippen molar-refractivity contribution in [2.75, 3.05) is 6.54 Å². The van der Waals surface area contributed by atoms with Crippen LogP contribution in [0, 0.1) is 5.82 Å². The van der Waals surface area contributed by atoms with E-state index < -0.39 is 0 Å². The Hall–Kier alpha value is -1.91. The molecule has 5 heteroatoms. The van der Waals surface area contributed by atoms with E-state index in [4.69, 9.17) is 11.6 Å². The summed E-state index contributed by atoms with van der Waals surface area (Å²) < 4.78 is 12.9. The van der Waals surface area contributed by atoms with Gasteiger partial charge in [0.1, 0.15) is 5.82 Å². The molecule has 0 saturated heterocycles. The summed E-state index contributed by atoms with van der Waals surface area (Å²) in [6.45, 7) is 1.09. The predicted octanol–water partition coefficient (Wildman–Crippen LogP) is 2.89. The first-order chi connectivity index (χ1) is 10.1. The third kappa shape index (κ3) is 5.17. The Balaban J connectivity index is 1.72. The summed E-state index contributed by atoms with van der Waals surface area (Å²) in [5.74, 6) is -0.471. The molecule has 1 amide bonds. The number of hydrogen-bond acceptors (Lipinski definition) is 2. The predicted molar refractivity (Wildman–Crippen MR) is 81.4 cm³/mol. The van der Waals surface area contributed by atoms with E-state index >= 15 is 0 Å². The van der Waals surface area contributed by atoms with Crippen molar-refractivity contribution >= 4 is 17.5 Å². The molecule has 21 heavy (non-hydrogen) atoms. The summed E-state index contributed by atoms with van der Waals surface area (Å²) >= 11 is 5.91. The van der Waals surface area contributed by atoms with Crippen LogP contribution in [-0.4, -0.2) is 12.5 Å². The van der Waals surface area contributed by atoms with E-state index in [0.717, 1.165) is 11.1 Å². The Bertz CT molecular complexity index is 604. The number of carbonyl (C=O) groups excluding carboxylic acids is 1. The number of carbonyl (C=O) groups is 1. The molecular formula is C16H16ClFN2O. The fraction of sp³-hybridized carbons (Fsp3) is 0.188. The lowest BCUT2D eigenvalue weighted by Crippen LogP contribution is -2.33. The highest BCUT2D eigenvalue weighted by molar-refractivity contribution is 6.31. The van der Waals surface area contributed by atoms with Gasteiger partial charge in [0.2, 0.25) is 5.91 Å². The van der Waals surface area contributed by atoms with Crippen molar-refractivity contribution in [2.45, 2.75) is 13.1 Å². The molecular weight excluding hydrogens is 291 g/mol. The van der Waals surface area contributed by atoms with Gasteiger partial charge in [0.25, 0.3) is 0 Å². The molecule has 110 valence electrons. The smallest absolute Gasteiger partial charge is 0.234 e. The lowest BCUT2D eigenvalue weighted by atomic mass is 10.2. The highest BCUT2D eigenvalue weighted by Crippen LogP contribution is 2.16. The lowest BCUT2D eigenvalue weighted by Gasteiger charge is -2.08. The zero-order valence-electron chi connectivity index (χ0n) is 11.4. The molecule has 0 aliphatic carbocycles. The third-order valence-corrected chi connectivity index (χ3v) is 3.30. The van der Waals surface area contributed by atoms with E-state index in [-0.39, 0.29) is 18.3 Å². The second kappa shape index (κ2) is 7.76. The van der Waals surface area contributed by atoms with E-state index in [1.807, 2.05) is 30.3 Å². The quantitative estimate of drug-likeness (QED) is 0.861. The lowest BCUT2D eigenvalue weighted by molar-refractivity contribution is -0.120. The Morgan fingerprint density at radius 3 is 2.57 bits per heavy atom. The van der Waals surface area contributed by atoms with E-state index in [1.54, 1.807) is 6.07 Å². The van der Waals surface area contributed by atoms with Gasteiger partial charge in [-0.25, -0.2) is 4.39 Å². The maximum Gasteiger partial charge on any atom is 0.234 e. The van der Waals surface area contributed by atoms with Gasteiger partial charge in [-0.15, -0.1) is 0 Å². The van der Waals surface area contributed by atoms with Crippen LogP contribution in [0.4, 0.5) is 4.39 Å². The fourth-order valence-electron chi connectivity index (χ4n) is 1.83. The fourth-order valence-corrected chi connectivity index (χ4v) is 2.07. The second-order valence-corrected chi connectivity index (χ2v) is 5.01. The molecule has 0 aliphatic heterocycles. The van der Waals surface area contributed by atoms with Crippen molar-refractivity contribution < 1.29 is 9.18 Å². The van der Waals surface area contributed by atoms with Gasteiger partial charge in [-0.2, -0.15) is 0 Å². The average Bonchev–Trinajstić information content (AvgIpc) is 2.48. The van der Waals surface area contributed by atoms with Crippen molar-refractivity contribution in [1.82, 2.24) is 10.6 Å². The number of amides is 1. The van der Waals surface area contributed by atoms with Gasteiger partial charge >= 0.3 is 0 Å². The minimum absolute atomic E-state index is 0.0999. The molecule has 0 fully saturated rings. The standard InChI is InChI=1S/C16H16ClFN2O/c17-15-8-14(18)7-6-13(15)10-19-11-16(21)20-9-12-4-2-1-3-5-12/h1-8,19H,9-11H2,(H,20,21). The molecule has 0 atom stereocenters. The molecule has 0 aliphatic rings. The van der Waals surface area contributed by atoms with Gasteiger partial charge in [-0.3, -0.25) is 4.79 Å². The summed E-state index contributed by atoms with van der Waals surface area (Å²) in [6.07, 6.45) is 0. The van der Waals surface area contributed by atoms with Crippen LogP contribution in [0.1, 0.15) is 11.1 Å². The summed E-state index contributed by atoms with van der Waals surface area (Å²) in [4.78, 5) is 11.7. The molecule has 0 spiro atoms. The molecule has 0 bridgehead atoms. The molecule has 0 heterocycles. The van der Waals surface area contributed by atoms with Crippen LogP contribution >= 0.6 is 11.6 Å². The van der Waals surface area contributed by atoms with Gasteiger partial charge in [-0.05, 0) is 23.3 Å². The number of hydrogen-bond donors (Lipinski definition) is 2. The Kier molecular flexibility index (Phi) is 5.72. The number of halogens is 2. The maximum absolute atomic E-state index is 12.9. The number of benzene rings is 2. The van der Waals surface area contributed by atoms with Crippen molar-refractivity contribution in [1.29, 1.82) is 0 Å². The minimum atomic E-state index is -0.371. The van der Waals surface area contributed by atoms with E-state index in [0.29, 0.717) is 18.1 Å². The van der Waals surface area contributed by atoms with Crippen molar-refractivity contribution in [3.05, 3.63) is 70.5 Å². The van der Waals surface area contributed by atoms with Crippen molar-refractivity contribution in [3.8, 4) is 0 Å². The van der Waals surface area contributed by atoms with Crippen LogP contribution in [-0.2, 0) is 17.9 Å². The number of nitrogens with one attached hydrogen (secondary N) is 2. The summed E-state index contributed by atoms with van der Waals surface area (Å²) in [7, 11) is 0. The Labute approximate surface area is 128 Å². The van der Waals surface area contributed by atoms with Gasteiger partial charge in [-0.1, -0.05) is 48.0 Å². The van der Waals surface area contributed by atoms with Crippen LogP contribution in [0.15, 0.2) is 48.5 Å². The molecule has 2 aromatic carbocycles. The van der Waals surface area contributed by atoms with Gasteiger partial charge in [0.05, 0.1) is 6.54 Å². The second-order valence-electron chi connectivity index (χ2n) is 4.60. The van der Waals surface area contributed by atoms with Gasteiger partial charge < -0.3 is 10.6 Å². The van der Waals surface area contributed by atoms with Crippen LogP contribution in [0.2, 0.25) is 5.02 Å². The van der Waals surface area contributed by atoms with E-state index in [1.165, 1.54) is 12.1 Å². The zero-order chi connectivity index (χ0) is 15.1. The molecule has 0 unspecified atom stereocenters. The summed E-state index contributed by atoms with van der Waals surface area (Å²) in [5, 5.41) is 6.15. The Morgan fingerprint density at radius 2 is 1.86 bits per heavy atom. The van der Waals surface area contributed by atoms with Crippen LogP contribution in [0.5, 0.6) is 0 Å². The molecule has 2 rings (SSSR count). The van der Waals surface area contributed by atoms with Gasteiger partial charge in [0, 0.05) is 18.1 Å². The largest absolute Gasteiger partial charge is 0.351 e. The first-order valence-corrected chi connectivity index (χ1v) is 6.98. The van der Waals surface area contributed by atoms with E-state index in [9.17, 15) is 9.18 Å². The van der Waals surface area contributed by atoms with Crippen LogP contribution in [0.25, 0.3) is 0 Å². The molecule has 2 aromatic rings. The highest BCUT2D eigenvalue weighted by atomic mass is 35.5. The molecule has 2 N–H and O–H groups in total. The maximum atomic E-state index is 12.9. The van der Waals surface area contributed by atoms with Gasteiger partial charge in [0.15, 0.2) is 0 Å². The zero-order valence-corrected chi connectivity index (χ0v) is 12.2. The molecule has 0 saturated carbocycles. The van der Waals surface area contributed by atoms with E-state index in [2.05, 4.69) is 10.6 Å². The normalized spacial score (nSPS) is 10.4. The van der Waals surface area contributed by atoms with Crippen LogP contribution in [0.3, 0.4) is 0 Å². The number of rotatable bonds is 6. The monoisotopic (exact) mass is 306 g/mol. The van der Waals surface area contributed by atoms with Crippen molar-refractivity contribution in [2.24, 2.45) is 0 Å². The molecule has 3 nitrogen and oxygen atoms in total. The summed E-state index contributed by atoms with van der Waals surface area (Å²) in [6, 6.07) is 13.9. The van der Waals surface area contributed by atoms with Crippen molar-refractivity contribution in [3.63, 3.8) is 0 Å². The highest BCUT2D eigenvalue weighted by Gasteiger charge is 2.04. The average molecular weight is 307 g/mol. The first-order valence-electron chi connectivity index (χ1n) is 6.60.